The number of rotatable bonds is 3. The molecule has 1 aromatic carbocycles. The predicted octanol–water partition coefficient (Wildman–Crippen LogP) is 3.21. The predicted molar refractivity (Wildman–Crippen MR) is 92.5 cm³/mol. The molecule has 1 aromatic heterocycles. The highest BCUT2D eigenvalue weighted by Gasteiger charge is 2.39. The van der Waals surface area contributed by atoms with Crippen molar-refractivity contribution >= 4 is 31.9 Å². The van der Waals surface area contributed by atoms with Crippen LogP contribution in [-0.2, 0) is 16.2 Å². The molecule has 1 saturated heterocycles. The summed E-state index contributed by atoms with van der Waals surface area (Å²) in [6.45, 7) is -0.126. The van der Waals surface area contributed by atoms with E-state index in [9.17, 15) is 26.4 Å². The minimum atomic E-state index is -4.78. The number of nitrogens with zero attached hydrogens (tertiary/aromatic N) is 2. The minimum Gasteiger partial charge on any atom is -0.444 e. The first-order chi connectivity index (χ1) is 12.6. The molecule has 27 heavy (non-hydrogen) atoms. The summed E-state index contributed by atoms with van der Waals surface area (Å²) in [6, 6.07) is 7.10. The number of piperazine rings is 1. The quantitative estimate of drug-likeness (QED) is 0.696. The average Bonchev–Trinajstić information content (AvgIpc) is 3.07. The summed E-state index contributed by atoms with van der Waals surface area (Å²) in [5.74, 6) is -0.311. The number of hydrogen-bond donors (Lipinski definition) is 0. The first-order valence-corrected chi connectivity index (χ1v) is 10.0. The fourth-order valence-corrected chi connectivity index (χ4v) is 4.72. The zero-order valence-electron chi connectivity index (χ0n) is 13.7. The van der Waals surface area contributed by atoms with E-state index in [-0.39, 0.29) is 31.9 Å². The Morgan fingerprint density at radius 3 is 2.22 bits per heavy atom. The highest BCUT2D eigenvalue weighted by molar-refractivity contribution is 9.10. The summed E-state index contributed by atoms with van der Waals surface area (Å²) in [5.41, 5.74) is -1.20. The molecule has 2 heterocycles. The number of carbonyl (C=O) groups is 1. The molecule has 0 saturated carbocycles. The van der Waals surface area contributed by atoms with Crippen molar-refractivity contribution in [2.75, 3.05) is 26.2 Å². The molecule has 0 atom stereocenters. The van der Waals surface area contributed by atoms with E-state index in [2.05, 4.69) is 15.9 Å². The van der Waals surface area contributed by atoms with Crippen LogP contribution in [0.15, 0.2) is 50.4 Å². The van der Waals surface area contributed by atoms with Crippen molar-refractivity contribution in [1.29, 1.82) is 0 Å². The third kappa shape index (κ3) is 4.04. The molecular formula is C16H14BrF3N2O4S. The lowest BCUT2D eigenvalue weighted by molar-refractivity contribution is -0.139. The normalized spacial score (nSPS) is 16.5. The molecular weight excluding hydrogens is 453 g/mol. The van der Waals surface area contributed by atoms with Gasteiger partial charge in [-0.05, 0) is 40.2 Å². The maximum absolute atomic E-state index is 13.2. The summed E-state index contributed by atoms with van der Waals surface area (Å²) in [4.78, 5) is 12.9. The fourth-order valence-electron chi connectivity index (χ4n) is 2.78. The van der Waals surface area contributed by atoms with Crippen molar-refractivity contribution in [2.45, 2.75) is 11.1 Å². The van der Waals surface area contributed by atoms with Crippen molar-refractivity contribution in [3.05, 3.63) is 52.4 Å². The molecule has 0 aliphatic carbocycles. The van der Waals surface area contributed by atoms with E-state index < -0.39 is 32.6 Å². The summed E-state index contributed by atoms with van der Waals surface area (Å²) >= 11 is 3.09. The van der Waals surface area contributed by atoms with Crippen LogP contribution in [0.25, 0.3) is 0 Å². The van der Waals surface area contributed by atoms with Gasteiger partial charge < -0.3 is 9.32 Å². The van der Waals surface area contributed by atoms with Gasteiger partial charge in [-0.15, -0.1) is 0 Å². The molecule has 1 aliphatic rings. The highest BCUT2D eigenvalue weighted by Crippen LogP contribution is 2.35. The van der Waals surface area contributed by atoms with Crippen LogP contribution in [-0.4, -0.2) is 49.7 Å². The highest BCUT2D eigenvalue weighted by atomic mass is 79.9. The second-order valence-corrected chi connectivity index (χ2v) is 8.48. The summed E-state index contributed by atoms with van der Waals surface area (Å²) in [5, 5.41) is 0. The molecule has 11 heteroatoms. The van der Waals surface area contributed by atoms with Crippen LogP contribution in [0.1, 0.15) is 16.1 Å². The summed E-state index contributed by atoms with van der Waals surface area (Å²) < 4.78 is 71.4. The lowest BCUT2D eigenvalue weighted by atomic mass is 10.2. The zero-order valence-corrected chi connectivity index (χ0v) is 16.1. The molecule has 2 aromatic rings. The van der Waals surface area contributed by atoms with Crippen LogP contribution in [0.2, 0.25) is 0 Å². The fraction of sp³-hybridized carbons (Fsp3) is 0.312. The largest absolute Gasteiger partial charge is 0.444 e. The van der Waals surface area contributed by atoms with E-state index in [1.807, 2.05) is 0 Å². The van der Waals surface area contributed by atoms with E-state index in [1.54, 1.807) is 6.07 Å². The van der Waals surface area contributed by atoms with Gasteiger partial charge in [-0.3, -0.25) is 4.79 Å². The molecule has 3 rings (SSSR count). The number of furan rings is 1. The van der Waals surface area contributed by atoms with Crippen LogP contribution in [0.5, 0.6) is 0 Å². The van der Waals surface area contributed by atoms with E-state index in [0.29, 0.717) is 4.67 Å². The van der Waals surface area contributed by atoms with Crippen LogP contribution in [0.3, 0.4) is 0 Å². The monoisotopic (exact) mass is 466 g/mol. The molecule has 0 N–H and O–H groups in total. The number of hydrogen-bond acceptors (Lipinski definition) is 4. The Kier molecular flexibility index (Phi) is 5.37. The number of sulfonamides is 1. The minimum absolute atomic E-state index is 0.0462. The number of benzene rings is 1. The van der Waals surface area contributed by atoms with Crippen molar-refractivity contribution in [3.8, 4) is 0 Å². The van der Waals surface area contributed by atoms with Gasteiger partial charge in [-0.1, -0.05) is 12.1 Å². The van der Waals surface area contributed by atoms with Crippen LogP contribution in [0, 0.1) is 0 Å². The van der Waals surface area contributed by atoms with Gasteiger partial charge in [-0.25, -0.2) is 8.42 Å². The van der Waals surface area contributed by atoms with Gasteiger partial charge in [0, 0.05) is 26.2 Å². The van der Waals surface area contributed by atoms with Gasteiger partial charge in [-0.2, -0.15) is 17.5 Å². The Balaban J connectivity index is 1.77. The Morgan fingerprint density at radius 1 is 1.04 bits per heavy atom. The van der Waals surface area contributed by atoms with Gasteiger partial charge in [0.05, 0.1) is 10.5 Å². The van der Waals surface area contributed by atoms with E-state index in [1.165, 1.54) is 17.0 Å². The molecule has 1 aliphatic heterocycles. The Hall–Kier alpha value is -1.85. The summed E-state index contributed by atoms with van der Waals surface area (Å²) in [7, 11) is -4.34. The van der Waals surface area contributed by atoms with Crippen molar-refractivity contribution in [3.63, 3.8) is 0 Å². The second-order valence-electron chi connectivity index (χ2n) is 5.79. The van der Waals surface area contributed by atoms with Gasteiger partial charge in [0.15, 0.2) is 10.4 Å². The first kappa shape index (κ1) is 19.9. The van der Waals surface area contributed by atoms with E-state index >= 15 is 0 Å². The van der Waals surface area contributed by atoms with Crippen LogP contribution in [0.4, 0.5) is 13.2 Å². The number of carbonyl (C=O) groups excluding carboxylic acids is 1. The molecule has 1 amide bonds. The van der Waals surface area contributed by atoms with Gasteiger partial charge in [0.2, 0.25) is 10.0 Å². The van der Waals surface area contributed by atoms with Gasteiger partial charge >= 0.3 is 6.18 Å². The third-order valence-corrected chi connectivity index (χ3v) is 6.50. The maximum atomic E-state index is 13.2. The summed E-state index contributed by atoms with van der Waals surface area (Å²) in [6.07, 6.45) is -4.78. The van der Waals surface area contributed by atoms with Crippen LogP contribution >= 0.6 is 15.9 Å². The molecule has 0 unspecified atom stereocenters. The maximum Gasteiger partial charge on any atom is 0.417 e. The zero-order chi connectivity index (χ0) is 19.8. The van der Waals surface area contributed by atoms with Crippen molar-refractivity contribution in [1.82, 2.24) is 9.21 Å². The van der Waals surface area contributed by atoms with Crippen molar-refractivity contribution in [2.24, 2.45) is 0 Å². The average molecular weight is 467 g/mol. The van der Waals surface area contributed by atoms with Crippen molar-refractivity contribution < 1.29 is 30.8 Å². The third-order valence-electron chi connectivity index (χ3n) is 4.12. The van der Waals surface area contributed by atoms with E-state index in [4.69, 9.17) is 4.42 Å². The number of alkyl halides is 3. The molecule has 1 fully saturated rings. The second kappa shape index (κ2) is 7.28. The Bertz CT molecular complexity index is 951. The Morgan fingerprint density at radius 2 is 1.67 bits per heavy atom. The number of amides is 1. The van der Waals surface area contributed by atoms with E-state index in [0.717, 1.165) is 22.5 Å². The SMILES string of the molecule is O=C(c1ccc(Br)o1)N1CCN(S(=O)(=O)c2ccccc2C(F)(F)F)CC1. The molecule has 0 radical (unpaired) electrons. The van der Waals surface area contributed by atoms with Crippen LogP contribution < -0.4 is 0 Å². The first-order valence-electron chi connectivity index (χ1n) is 7.81. The lowest BCUT2D eigenvalue weighted by Crippen LogP contribution is -2.50. The van der Waals surface area contributed by atoms with Gasteiger partial charge in [0.25, 0.3) is 5.91 Å². The Labute approximate surface area is 161 Å². The molecule has 0 spiro atoms. The molecule has 6 nitrogen and oxygen atoms in total. The lowest BCUT2D eigenvalue weighted by Gasteiger charge is -2.34. The topological polar surface area (TPSA) is 70.8 Å². The molecule has 0 bridgehead atoms. The van der Waals surface area contributed by atoms with Gasteiger partial charge in [0.1, 0.15) is 0 Å². The smallest absolute Gasteiger partial charge is 0.417 e. The molecule has 146 valence electrons. The standard InChI is InChI=1S/C16H14BrF3N2O4S/c17-14-6-5-12(26-14)15(23)21-7-9-22(10-8-21)27(24,25)13-4-2-1-3-11(13)16(18,19)20/h1-6H,7-10H2. The number of halogens is 4.